The van der Waals surface area contributed by atoms with Gasteiger partial charge in [0.1, 0.15) is 5.78 Å². The third-order valence-electron chi connectivity index (χ3n) is 4.01. The standard InChI is InChI=1S/C19H16N2O3/c20-13-14-6-8-15(9-7-14)18-12-17(22)10-11-21(18)24-19(23)16-4-2-1-3-5-16/h1-9,18H,10-12H2. The summed E-state index contributed by atoms with van der Waals surface area (Å²) in [4.78, 5) is 29.7. The van der Waals surface area contributed by atoms with E-state index in [4.69, 9.17) is 10.1 Å². The van der Waals surface area contributed by atoms with Gasteiger partial charge in [-0.3, -0.25) is 4.79 Å². The van der Waals surface area contributed by atoms with Crippen LogP contribution in [-0.4, -0.2) is 23.4 Å². The molecule has 0 spiro atoms. The molecule has 1 saturated heterocycles. The Balaban J connectivity index is 1.80. The first-order valence-corrected chi connectivity index (χ1v) is 7.73. The van der Waals surface area contributed by atoms with Crippen LogP contribution in [0.2, 0.25) is 0 Å². The molecule has 0 saturated carbocycles. The Hall–Kier alpha value is -2.97. The Labute approximate surface area is 140 Å². The van der Waals surface area contributed by atoms with Crippen LogP contribution in [0.1, 0.15) is 40.4 Å². The van der Waals surface area contributed by atoms with Gasteiger partial charge in [0.25, 0.3) is 0 Å². The molecule has 0 aromatic heterocycles. The maximum Gasteiger partial charge on any atom is 0.357 e. The normalized spacial score (nSPS) is 18.0. The van der Waals surface area contributed by atoms with Crippen molar-refractivity contribution in [3.8, 4) is 6.07 Å². The molecule has 1 aliphatic rings. The zero-order valence-electron chi connectivity index (χ0n) is 13.0. The molecule has 5 heteroatoms. The molecular formula is C19H16N2O3. The third-order valence-corrected chi connectivity index (χ3v) is 4.01. The molecule has 120 valence electrons. The second-order valence-electron chi connectivity index (χ2n) is 5.63. The molecule has 2 aromatic carbocycles. The molecule has 0 N–H and O–H groups in total. The van der Waals surface area contributed by atoms with Gasteiger partial charge in [-0.25, -0.2) is 4.79 Å². The van der Waals surface area contributed by atoms with Crippen molar-refractivity contribution in [1.29, 1.82) is 5.26 Å². The van der Waals surface area contributed by atoms with E-state index < -0.39 is 5.97 Å². The number of nitrogens with zero attached hydrogens (tertiary/aromatic N) is 2. The van der Waals surface area contributed by atoms with Crippen molar-refractivity contribution in [2.24, 2.45) is 0 Å². The number of Topliss-reactive ketones (excluding diaryl/α,β-unsaturated/α-hetero) is 1. The van der Waals surface area contributed by atoms with Crippen LogP contribution < -0.4 is 0 Å². The highest BCUT2D eigenvalue weighted by Crippen LogP contribution is 2.30. The van der Waals surface area contributed by atoms with Gasteiger partial charge in [-0.15, -0.1) is 5.06 Å². The highest BCUT2D eigenvalue weighted by molar-refractivity contribution is 5.89. The summed E-state index contributed by atoms with van der Waals surface area (Å²) in [5, 5.41) is 10.5. The molecule has 0 radical (unpaired) electrons. The molecule has 5 nitrogen and oxygen atoms in total. The zero-order valence-corrected chi connectivity index (χ0v) is 13.0. The molecule has 1 aliphatic heterocycles. The van der Waals surface area contributed by atoms with Crippen LogP contribution in [0.3, 0.4) is 0 Å². The van der Waals surface area contributed by atoms with Gasteiger partial charge in [0, 0.05) is 19.4 Å². The number of hydroxylamine groups is 2. The Bertz CT molecular complexity index is 779. The highest BCUT2D eigenvalue weighted by atomic mass is 16.7. The second kappa shape index (κ2) is 7.07. The van der Waals surface area contributed by atoms with E-state index in [1.165, 1.54) is 0 Å². The van der Waals surface area contributed by atoms with Crippen LogP contribution in [-0.2, 0) is 9.63 Å². The van der Waals surface area contributed by atoms with E-state index >= 15 is 0 Å². The summed E-state index contributed by atoms with van der Waals surface area (Å²) in [7, 11) is 0. The van der Waals surface area contributed by atoms with Gasteiger partial charge >= 0.3 is 5.97 Å². The summed E-state index contributed by atoms with van der Waals surface area (Å²) in [5.74, 6) is -0.306. The van der Waals surface area contributed by atoms with Crippen molar-refractivity contribution in [3.63, 3.8) is 0 Å². The van der Waals surface area contributed by atoms with Crippen molar-refractivity contribution in [1.82, 2.24) is 5.06 Å². The van der Waals surface area contributed by atoms with Crippen LogP contribution in [0.5, 0.6) is 0 Å². The summed E-state index contributed by atoms with van der Waals surface area (Å²) in [5.41, 5.74) is 1.87. The smallest absolute Gasteiger partial charge is 0.357 e. The Kier molecular flexibility index (Phi) is 4.69. The fourth-order valence-electron chi connectivity index (χ4n) is 2.72. The number of hydrogen-bond acceptors (Lipinski definition) is 5. The Morgan fingerprint density at radius 1 is 1.12 bits per heavy atom. The molecule has 24 heavy (non-hydrogen) atoms. The third kappa shape index (κ3) is 3.50. The minimum Gasteiger partial charge on any atom is -0.363 e. The van der Waals surface area contributed by atoms with E-state index in [9.17, 15) is 9.59 Å². The van der Waals surface area contributed by atoms with Gasteiger partial charge in [0.2, 0.25) is 0 Å². The van der Waals surface area contributed by atoms with Crippen LogP contribution >= 0.6 is 0 Å². The minimum absolute atomic E-state index is 0.136. The number of ketones is 1. The molecule has 3 rings (SSSR count). The lowest BCUT2D eigenvalue weighted by atomic mass is 9.95. The molecule has 1 unspecified atom stereocenters. The second-order valence-corrected chi connectivity index (χ2v) is 5.63. The topological polar surface area (TPSA) is 70.4 Å². The van der Waals surface area contributed by atoms with E-state index in [1.54, 1.807) is 53.6 Å². The summed E-state index contributed by atoms with van der Waals surface area (Å²) in [6, 6.07) is 17.5. The summed E-state index contributed by atoms with van der Waals surface area (Å²) >= 11 is 0. The quantitative estimate of drug-likeness (QED) is 0.869. The van der Waals surface area contributed by atoms with Gasteiger partial charge in [0.15, 0.2) is 0 Å². The van der Waals surface area contributed by atoms with Crippen molar-refractivity contribution < 1.29 is 14.4 Å². The highest BCUT2D eigenvalue weighted by Gasteiger charge is 2.31. The average molecular weight is 320 g/mol. The lowest BCUT2D eigenvalue weighted by Gasteiger charge is -2.33. The average Bonchev–Trinajstić information content (AvgIpc) is 2.64. The fraction of sp³-hybridized carbons (Fsp3) is 0.211. The van der Waals surface area contributed by atoms with Crippen molar-refractivity contribution in [2.75, 3.05) is 6.54 Å². The van der Waals surface area contributed by atoms with Crippen molar-refractivity contribution >= 4 is 11.8 Å². The number of nitriles is 1. The molecular weight excluding hydrogens is 304 g/mol. The number of benzene rings is 2. The largest absolute Gasteiger partial charge is 0.363 e. The summed E-state index contributed by atoms with van der Waals surface area (Å²) < 4.78 is 0. The van der Waals surface area contributed by atoms with E-state index in [2.05, 4.69) is 6.07 Å². The number of carbonyl (C=O) groups is 2. The van der Waals surface area contributed by atoms with Gasteiger partial charge in [-0.2, -0.15) is 5.26 Å². The fourth-order valence-corrected chi connectivity index (χ4v) is 2.72. The Morgan fingerprint density at radius 2 is 1.83 bits per heavy atom. The number of piperidine rings is 1. The SMILES string of the molecule is N#Cc1ccc(C2CC(=O)CCN2OC(=O)c2ccccc2)cc1. The first-order chi connectivity index (χ1) is 11.7. The lowest BCUT2D eigenvalue weighted by Crippen LogP contribution is -2.38. The van der Waals surface area contributed by atoms with E-state index in [1.807, 2.05) is 6.07 Å². The molecule has 1 fully saturated rings. The monoisotopic (exact) mass is 320 g/mol. The molecule has 1 heterocycles. The molecule has 0 amide bonds. The predicted molar refractivity (Wildman–Crippen MR) is 86.7 cm³/mol. The molecule has 0 aliphatic carbocycles. The zero-order chi connectivity index (χ0) is 16.9. The van der Waals surface area contributed by atoms with Gasteiger partial charge in [-0.05, 0) is 29.8 Å². The van der Waals surface area contributed by atoms with Crippen molar-refractivity contribution in [3.05, 3.63) is 71.3 Å². The van der Waals surface area contributed by atoms with Gasteiger partial charge < -0.3 is 4.84 Å². The van der Waals surface area contributed by atoms with Crippen LogP contribution in [0, 0.1) is 11.3 Å². The summed E-state index contributed by atoms with van der Waals surface area (Å²) in [6.07, 6.45) is 0.642. The maximum atomic E-state index is 12.3. The van der Waals surface area contributed by atoms with Gasteiger partial charge in [0.05, 0.1) is 23.2 Å². The lowest BCUT2D eigenvalue weighted by molar-refractivity contribution is -0.162. The molecule has 1 atom stereocenters. The number of carbonyl (C=O) groups excluding carboxylic acids is 2. The molecule has 2 aromatic rings. The first kappa shape index (κ1) is 15.9. The van der Waals surface area contributed by atoms with Crippen molar-refractivity contribution in [2.45, 2.75) is 18.9 Å². The minimum atomic E-state index is -0.441. The number of hydrogen-bond donors (Lipinski definition) is 0. The van der Waals surface area contributed by atoms with E-state index in [0.717, 1.165) is 5.56 Å². The van der Waals surface area contributed by atoms with Crippen LogP contribution in [0.15, 0.2) is 54.6 Å². The predicted octanol–water partition coefficient (Wildman–Crippen LogP) is 3.04. The maximum absolute atomic E-state index is 12.3. The first-order valence-electron chi connectivity index (χ1n) is 7.73. The Morgan fingerprint density at radius 3 is 2.50 bits per heavy atom. The van der Waals surface area contributed by atoms with Gasteiger partial charge in [-0.1, -0.05) is 30.3 Å². The molecule has 0 bridgehead atoms. The van der Waals surface area contributed by atoms with E-state index in [0.29, 0.717) is 24.1 Å². The van der Waals surface area contributed by atoms with Crippen LogP contribution in [0.4, 0.5) is 0 Å². The number of rotatable bonds is 3. The van der Waals surface area contributed by atoms with Crippen LogP contribution in [0.25, 0.3) is 0 Å². The van der Waals surface area contributed by atoms with E-state index in [-0.39, 0.29) is 18.2 Å². The summed E-state index contributed by atoms with van der Waals surface area (Å²) in [6.45, 7) is 0.363.